The van der Waals surface area contributed by atoms with Crippen LogP contribution in [0.2, 0.25) is 0 Å². The Kier molecular flexibility index (Phi) is 10.2. The monoisotopic (exact) mass is 238 g/mol. The maximum Gasteiger partial charge on any atom is 0.0945 e. The predicted molar refractivity (Wildman–Crippen MR) is 74.3 cm³/mol. The van der Waals surface area contributed by atoms with E-state index in [0.29, 0.717) is 0 Å². The van der Waals surface area contributed by atoms with Gasteiger partial charge in [-0.25, -0.2) is 0 Å². The van der Waals surface area contributed by atoms with Crippen LogP contribution in [0.5, 0.6) is 0 Å². The summed E-state index contributed by atoms with van der Waals surface area (Å²) in [5.41, 5.74) is 6.36. The third-order valence-electron chi connectivity index (χ3n) is 2.43. The summed E-state index contributed by atoms with van der Waals surface area (Å²) < 4.78 is 5.13. The summed E-state index contributed by atoms with van der Waals surface area (Å²) in [5, 5.41) is 3.38. The maximum atomic E-state index is 5.33. The minimum atomic E-state index is 0.878. The van der Waals surface area contributed by atoms with Gasteiger partial charge >= 0.3 is 0 Å². The highest BCUT2D eigenvalue weighted by Gasteiger charge is 1.94. The van der Waals surface area contributed by atoms with Crippen LogP contribution in [0, 0.1) is 0 Å². The molecule has 0 rings (SSSR count). The molecule has 0 aliphatic heterocycles. The van der Waals surface area contributed by atoms with Crippen molar-refractivity contribution in [2.75, 3.05) is 13.7 Å². The predicted octanol–water partition coefficient (Wildman–Crippen LogP) is 3.06. The van der Waals surface area contributed by atoms with E-state index < -0.39 is 0 Å². The first-order valence-corrected chi connectivity index (χ1v) is 6.29. The molecule has 98 valence electrons. The van der Waals surface area contributed by atoms with Gasteiger partial charge in [0.2, 0.25) is 0 Å². The third-order valence-corrected chi connectivity index (χ3v) is 2.43. The lowest BCUT2D eigenvalue weighted by atomic mass is 10.2. The van der Waals surface area contributed by atoms with Crippen molar-refractivity contribution in [3.05, 3.63) is 35.9 Å². The summed E-state index contributed by atoms with van der Waals surface area (Å²) in [7, 11) is 1.67. The number of methoxy groups -OCH3 is 1. The van der Waals surface area contributed by atoms with E-state index >= 15 is 0 Å². The molecule has 3 heteroatoms. The Balaban J connectivity index is 4.12. The number of hydrogen-bond donors (Lipinski definition) is 2. The Bertz CT molecular complexity index is 267. The van der Waals surface area contributed by atoms with Crippen LogP contribution in [0.4, 0.5) is 0 Å². The molecule has 0 radical (unpaired) electrons. The molecule has 0 spiro atoms. The van der Waals surface area contributed by atoms with Gasteiger partial charge in [0, 0.05) is 12.2 Å². The molecule has 0 amide bonds. The lowest BCUT2D eigenvalue weighted by molar-refractivity contribution is 0.293. The zero-order chi connectivity index (χ0) is 12.9. The number of allylic oxidation sites excluding steroid dienone is 4. The van der Waals surface area contributed by atoms with Crippen molar-refractivity contribution in [2.45, 2.75) is 39.5 Å². The molecule has 0 saturated heterocycles. The minimum Gasteiger partial charge on any atom is -0.501 e. The second-order valence-electron chi connectivity index (χ2n) is 3.95. The van der Waals surface area contributed by atoms with E-state index in [1.54, 1.807) is 7.11 Å². The van der Waals surface area contributed by atoms with E-state index in [0.717, 1.165) is 18.0 Å². The molecule has 0 fully saturated rings. The summed E-state index contributed by atoms with van der Waals surface area (Å²) in [6.45, 7) is 5.13. The van der Waals surface area contributed by atoms with Gasteiger partial charge in [0.1, 0.15) is 0 Å². The van der Waals surface area contributed by atoms with Crippen molar-refractivity contribution in [3.8, 4) is 0 Å². The third kappa shape index (κ3) is 9.54. The smallest absolute Gasteiger partial charge is 0.0945 e. The molecule has 0 atom stereocenters. The minimum absolute atomic E-state index is 0.878. The van der Waals surface area contributed by atoms with Crippen molar-refractivity contribution in [2.24, 2.45) is 5.73 Å². The molecule has 0 aliphatic carbocycles. The molecule has 0 aromatic heterocycles. The second kappa shape index (κ2) is 11.1. The van der Waals surface area contributed by atoms with Crippen LogP contribution < -0.4 is 11.1 Å². The van der Waals surface area contributed by atoms with Gasteiger partial charge in [-0.1, -0.05) is 26.2 Å². The van der Waals surface area contributed by atoms with Gasteiger partial charge in [0.15, 0.2) is 0 Å². The average Bonchev–Trinajstić information content (AvgIpc) is 2.35. The first-order valence-electron chi connectivity index (χ1n) is 6.29. The number of ether oxygens (including phenoxy) is 1. The summed E-state index contributed by atoms with van der Waals surface area (Å²) in [6, 6.07) is 0. The molecule has 0 unspecified atom stereocenters. The normalized spacial score (nSPS) is 13.1. The number of nitrogens with one attached hydrogen (secondary N) is 1. The van der Waals surface area contributed by atoms with E-state index in [-0.39, 0.29) is 0 Å². The summed E-state index contributed by atoms with van der Waals surface area (Å²) in [4.78, 5) is 0. The fourth-order valence-electron chi connectivity index (χ4n) is 1.38. The van der Waals surface area contributed by atoms with Crippen LogP contribution in [0.15, 0.2) is 35.9 Å². The van der Waals surface area contributed by atoms with Crippen LogP contribution in [-0.4, -0.2) is 13.7 Å². The highest BCUT2D eigenvalue weighted by atomic mass is 16.5. The SMILES string of the molecule is CCCCCCNC(=C/C=C/N)/C=C(\C)OC. The highest BCUT2D eigenvalue weighted by molar-refractivity contribution is 5.23. The van der Waals surface area contributed by atoms with Gasteiger partial charge in [-0.05, 0) is 37.8 Å². The lowest BCUT2D eigenvalue weighted by Crippen LogP contribution is -2.13. The van der Waals surface area contributed by atoms with Crippen molar-refractivity contribution in [1.82, 2.24) is 5.32 Å². The molecule has 0 aromatic carbocycles. The molecule has 0 aliphatic rings. The molecule has 3 nitrogen and oxygen atoms in total. The van der Waals surface area contributed by atoms with E-state index in [1.807, 2.05) is 25.2 Å². The summed E-state index contributed by atoms with van der Waals surface area (Å²) >= 11 is 0. The van der Waals surface area contributed by atoms with Crippen molar-refractivity contribution < 1.29 is 4.74 Å². The second-order valence-corrected chi connectivity index (χ2v) is 3.95. The Hall–Kier alpha value is -1.38. The Labute approximate surface area is 105 Å². The number of unbranched alkanes of at least 4 members (excludes halogenated alkanes) is 3. The van der Waals surface area contributed by atoms with Crippen LogP contribution in [0.3, 0.4) is 0 Å². The van der Waals surface area contributed by atoms with Crippen LogP contribution >= 0.6 is 0 Å². The fourth-order valence-corrected chi connectivity index (χ4v) is 1.38. The van der Waals surface area contributed by atoms with Crippen LogP contribution in [0.25, 0.3) is 0 Å². The zero-order valence-electron chi connectivity index (χ0n) is 11.3. The number of nitrogens with two attached hydrogens (primary N) is 1. The Morgan fingerprint density at radius 1 is 1.29 bits per heavy atom. The van der Waals surface area contributed by atoms with Gasteiger partial charge in [-0.2, -0.15) is 0 Å². The van der Waals surface area contributed by atoms with Gasteiger partial charge < -0.3 is 15.8 Å². The topological polar surface area (TPSA) is 47.3 Å². The van der Waals surface area contributed by atoms with Gasteiger partial charge in [-0.3, -0.25) is 0 Å². The molecule has 0 heterocycles. The molecular formula is C14H26N2O. The zero-order valence-corrected chi connectivity index (χ0v) is 11.3. The average molecular weight is 238 g/mol. The fraction of sp³-hybridized carbons (Fsp3) is 0.571. The molecule has 0 bridgehead atoms. The largest absolute Gasteiger partial charge is 0.501 e. The van der Waals surface area contributed by atoms with Crippen LogP contribution in [0.1, 0.15) is 39.5 Å². The van der Waals surface area contributed by atoms with E-state index in [4.69, 9.17) is 10.5 Å². The molecule has 0 aromatic rings. The summed E-state index contributed by atoms with van der Waals surface area (Å²) in [6.07, 6.45) is 12.3. The standard InChI is InChI=1S/C14H26N2O/c1-4-5-6-7-11-16-14(9-8-10-15)12-13(2)17-3/h8-10,12,16H,4-7,11,15H2,1-3H3/b10-8+,13-12+,14-9+. The van der Waals surface area contributed by atoms with E-state index in [1.165, 1.54) is 31.9 Å². The number of rotatable bonds is 9. The number of hydrogen-bond acceptors (Lipinski definition) is 3. The van der Waals surface area contributed by atoms with Gasteiger partial charge in [0.25, 0.3) is 0 Å². The molecule has 0 saturated carbocycles. The van der Waals surface area contributed by atoms with Crippen LogP contribution in [-0.2, 0) is 4.74 Å². The highest BCUT2D eigenvalue weighted by Crippen LogP contribution is 2.02. The van der Waals surface area contributed by atoms with Crippen molar-refractivity contribution in [3.63, 3.8) is 0 Å². The van der Waals surface area contributed by atoms with Gasteiger partial charge in [-0.15, -0.1) is 0 Å². The molecule has 3 N–H and O–H groups in total. The Morgan fingerprint density at radius 3 is 2.65 bits per heavy atom. The lowest BCUT2D eigenvalue weighted by Gasteiger charge is -2.08. The van der Waals surface area contributed by atoms with Crippen molar-refractivity contribution >= 4 is 0 Å². The molecule has 17 heavy (non-hydrogen) atoms. The first kappa shape index (κ1) is 15.6. The Morgan fingerprint density at radius 2 is 2.06 bits per heavy atom. The molecular weight excluding hydrogens is 212 g/mol. The van der Waals surface area contributed by atoms with E-state index in [2.05, 4.69) is 12.2 Å². The van der Waals surface area contributed by atoms with Gasteiger partial charge in [0.05, 0.1) is 12.9 Å². The quantitative estimate of drug-likeness (QED) is 0.369. The van der Waals surface area contributed by atoms with E-state index in [9.17, 15) is 0 Å². The summed E-state index contributed by atoms with van der Waals surface area (Å²) in [5.74, 6) is 0.878. The first-order chi connectivity index (χ1) is 8.24. The van der Waals surface area contributed by atoms with Crippen molar-refractivity contribution in [1.29, 1.82) is 0 Å². The maximum absolute atomic E-state index is 5.33.